The van der Waals surface area contributed by atoms with E-state index in [0.717, 1.165) is 31.1 Å². The van der Waals surface area contributed by atoms with Crippen molar-refractivity contribution in [3.05, 3.63) is 34.9 Å². The van der Waals surface area contributed by atoms with Crippen molar-refractivity contribution in [3.8, 4) is 0 Å². The normalized spacial score (nSPS) is 40.5. The predicted octanol–water partition coefficient (Wildman–Crippen LogP) is 4.99. The highest BCUT2D eigenvalue weighted by Gasteiger charge is 2.55. The van der Waals surface area contributed by atoms with Crippen molar-refractivity contribution in [2.75, 3.05) is 0 Å². The Morgan fingerprint density at radius 1 is 1.10 bits per heavy atom. The number of ketones is 1. The van der Waals surface area contributed by atoms with E-state index in [2.05, 4.69) is 32.9 Å². The molecule has 0 spiro atoms. The van der Waals surface area contributed by atoms with Gasteiger partial charge in [0.25, 0.3) is 0 Å². The van der Waals surface area contributed by atoms with Crippen LogP contribution in [0.1, 0.15) is 59.3 Å². The number of carbonyl (C=O) groups is 1. The molecule has 0 amide bonds. The summed E-state index contributed by atoms with van der Waals surface area (Å²) in [6.45, 7) is 7.38. The van der Waals surface area contributed by atoms with E-state index in [9.17, 15) is 4.79 Å². The van der Waals surface area contributed by atoms with Crippen LogP contribution in [0.3, 0.4) is 0 Å². The molecule has 1 nitrogen and oxygen atoms in total. The predicted molar refractivity (Wildman–Crippen MR) is 85.8 cm³/mol. The minimum atomic E-state index is 0.333. The van der Waals surface area contributed by atoms with Crippen LogP contribution >= 0.6 is 0 Å². The maximum atomic E-state index is 11.7. The van der Waals surface area contributed by atoms with Crippen LogP contribution in [0.5, 0.6) is 0 Å². The fourth-order valence-corrected chi connectivity index (χ4v) is 5.47. The fraction of sp³-hybridized carbons (Fsp3) is 0.650. The quantitative estimate of drug-likeness (QED) is 0.611. The Kier molecular flexibility index (Phi) is 2.72. The number of allylic oxidation sites excluding steroid dienone is 6. The lowest BCUT2D eigenvalue weighted by Gasteiger charge is -2.48. The molecule has 4 aliphatic rings. The van der Waals surface area contributed by atoms with E-state index < -0.39 is 0 Å². The topological polar surface area (TPSA) is 17.1 Å². The molecule has 0 aromatic carbocycles. The number of carbonyl (C=O) groups excluding carboxylic acids is 1. The molecule has 3 atom stereocenters. The van der Waals surface area contributed by atoms with Crippen molar-refractivity contribution >= 4 is 5.78 Å². The Morgan fingerprint density at radius 3 is 2.71 bits per heavy atom. The van der Waals surface area contributed by atoms with Crippen LogP contribution in [0.15, 0.2) is 34.9 Å². The smallest absolute Gasteiger partial charge is 0.156 e. The van der Waals surface area contributed by atoms with Crippen LogP contribution in [0.4, 0.5) is 0 Å². The Hall–Kier alpha value is -1.11. The molecule has 112 valence electrons. The molecular weight excluding hydrogens is 256 g/mol. The number of hydrogen-bond donors (Lipinski definition) is 0. The molecular formula is C20H26O. The van der Waals surface area contributed by atoms with Crippen LogP contribution in [0.25, 0.3) is 0 Å². The maximum absolute atomic E-state index is 11.7. The zero-order valence-corrected chi connectivity index (χ0v) is 13.5. The molecule has 0 radical (unpaired) electrons. The summed E-state index contributed by atoms with van der Waals surface area (Å²) in [7, 11) is 0. The van der Waals surface area contributed by atoms with E-state index in [-0.39, 0.29) is 0 Å². The largest absolute Gasteiger partial charge is 0.295 e. The summed E-state index contributed by atoms with van der Waals surface area (Å²) in [5.41, 5.74) is 5.23. The van der Waals surface area contributed by atoms with Gasteiger partial charge in [0.15, 0.2) is 5.78 Å². The summed E-state index contributed by atoms with van der Waals surface area (Å²) in [5.74, 6) is 1.88. The first-order valence-electron chi connectivity index (χ1n) is 8.58. The summed E-state index contributed by atoms with van der Waals surface area (Å²) >= 11 is 0. The van der Waals surface area contributed by atoms with Gasteiger partial charge in [0.2, 0.25) is 0 Å². The van der Waals surface area contributed by atoms with Crippen molar-refractivity contribution in [2.45, 2.75) is 59.3 Å². The van der Waals surface area contributed by atoms with Gasteiger partial charge in [-0.05, 0) is 77.6 Å². The van der Waals surface area contributed by atoms with Crippen molar-refractivity contribution < 1.29 is 4.79 Å². The average Bonchev–Trinajstić information content (AvgIpc) is 2.69. The molecule has 0 aromatic heterocycles. The summed E-state index contributed by atoms with van der Waals surface area (Å²) < 4.78 is 0. The van der Waals surface area contributed by atoms with E-state index >= 15 is 0 Å². The first-order chi connectivity index (χ1) is 9.92. The fourth-order valence-electron chi connectivity index (χ4n) is 5.47. The second-order valence-electron chi connectivity index (χ2n) is 8.36. The molecule has 0 heterocycles. The molecule has 21 heavy (non-hydrogen) atoms. The number of hydrogen-bond acceptors (Lipinski definition) is 1. The third kappa shape index (κ3) is 1.73. The molecule has 1 fully saturated rings. The Morgan fingerprint density at radius 2 is 1.90 bits per heavy atom. The summed E-state index contributed by atoms with van der Waals surface area (Å²) in [5, 5.41) is 0. The average molecular weight is 282 g/mol. The SMILES string of the molecule is CC1(C)CC[C@H]2C3CCC4=CC(=O)CCC4=C3C=C[C@@]21C. The first kappa shape index (κ1) is 13.5. The van der Waals surface area contributed by atoms with Crippen LogP contribution in [-0.4, -0.2) is 5.78 Å². The van der Waals surface area contributed by atoms with E-state index in [0.29, 0.717) is 16.6 Å². The maximum Gasteiger partial charge on any atom is 0.156 e. The number of rotatable bonds is 0. The molecule has 0 aliphatic heterocycles. The molecule has 0 aromatic rings. The van der Waals surface area contributed by atoms with E-state index in [1.807, 2.05) is 6.08 Å². The Labute approximate surface area is 128 Å². The molecule has 1 heteroatoms. The monoisotopic (exact) mass is 282 g/mol. The second kappa shape index (κ2) is 4.21. The third-order valence-corrected chi connectivity index (χ3v) is 7.22. The van der Waals surface area contributed by atoms with Crippen molar-refractivity contribution in [1.29, 1.82) is 0 Å². The van der Waals surface area contributed by atoms with Crippen LogP contribution < -0.4 is 0 Å². The highest BCUT2D eigenvalue weighted by molar-refractivity contribution is 5.93. The molecule has 0 saturated heterocycles. The van der Waals surface area contributed by atoms with Gasteiger partial charge in [-0.15, -0.1) is 0 Å². The van der Waals surface area contributed by atoms with Crippen molar-refractivity contribution in [2.24, 2.45) is 22.7 Å². The minimum absolute atomic E-state index is 0.333. The van der Waals surface area contributed by atoms with Gasteiger partial charge >= 0.3 is 0 Å². The van der Waals surface area contributed by atoms with Gasteiger partial charge in [0, 0.05) is 6.42 Å². The standard InChI is InChI=1S/C20H26O/c1-19(2)10-9-18-17-6-4-13-12-14(21)5-7-15(13)16(17)8-11-20(18,19)3/h8,11-12,17-18H,4-7,9-10H2,1-3H3/t17?,18-,20-/m0/s1. The summed E-state index contributed by atoms with van der Waals surface area (Å²) in [6.07, 6.45) is 13.7. The first-order valence-corrected chi connectivity index (χ1v) is 8.58. The molecule has 4 rings (SSSR count). The number of fused-ring (bicyclic) bond motifs is 4. The Balaban J connectivity index is 1.83. The van der Waals surface area contributed by atoms with Crippen molar-refractivity contribution in [1.82, 2.24) is 0 Å². The molecule has 1 unspecified atom stereocenters. The third-order valence-electron chi connectivity index (χ3n) is 7.22. The van der Waals surface area contributed by atoms with E-state index in [1.54, 1.807) is 5.57 Å². The molecule has 4 aliphatic carbocycles. The lowest BCUT2D eigenvalue weighted by Crippen LogP contribution is -2.40. The van der Waals surface area contributed by atoms with E-state index in [1.165, 1.54) is 30.4 Å². The lowest BCUT2D eigenvalue weighted by atomic mass is 9.56. The zero-order chi connectivity index (χ0) is 14.8. The van der Waals surface area contributed by atoms with Gasteiger partial charge < -0.3 is 0 Å². The summed E-state index contributed by atoms with van der Waals surface area (Å²) in [6, 6.07) is 0. The van der Waals surface area contributed by atoms with Crippen molar-refractivity contribution in [3.63, 3.8) is 0 Å². The highest BCUT2D eigenvalue weighted by Crippen LogP contribution is 2.64. The minimum Gasteiger partial charge on any atom is -0.295 e. The van der Waals surface area contributed by atoms with Crippen LogP contribution in [-0.2, 0) is 4.79 Å². The molecule has 0 N–H and O–H groups in total. The second-order valence-corrected chi connectivity index (χ2v) is 8.36. The molecule has 1 saturated carbocycles. The zero-order valence-electron chi connectivity index (χ0n) is 13.5. The Bertz CT molecular complexity index is 601. The van der Waals surface area contributed by atoms with Gasteiger partial charge in [0.05, 0.1) is 0 Å². The van der Waals surface area contributed by atoms with Crippen LogP contribution in [0, 0.1) is 22.7 Å². The van der Waals surface area contributed by atoms with Crippen LogP contribution in [0.2, 0.25) is 0 Å². The van der Waals surface area contributed by atoms with Gasteiger partial charge in [-0.2, -0.15) is 0 Å². The van der Waals surface area contributed by atoms with E-state index in [4.69, 9.17) is 0 Å². The van der Waals surface area contributed by atoms with Gasteiger partial charge in [-0.1, -0.05) is 32.9 Å². The van der Waals surface area contributed by atoms with Gasteiger partial charge in [0.1, 0.15) is 0 Å². The highest BCUT2D eigenvalue weighted by atomic mass is 16.1. The lowest BCUT2D eigenvalue weighted by molar-refractivity contribution is -0.114. The summed E-state index contributed by atoms with van der Waals surface area (Å²) in [4.78, 5) is 11.7. The molecule has 0 bridgehead atoms. The van der Waals surface area contributed by atoms with Gasteiger partial charge in [-0.3, -0.25) is 4.79 Å². The van der Waals surface area contributed by atoms with Gasteiger partial charge in [-0.25, -0.2) is 0 Å².